The molecule has 0 aliphatic rings. The minimum Gasteiger partial charge on any atom is -0.243 e. The molecule has 0 aromatic heterocycles. The van der Waals surface area contributed by atoms with Crippen LogP contribution in [0.5, 0.6) is 0 Å². The van der Waals surface area contributed by atoms with Crippen LogP contribution in [0.1, 0.15) is 0 Å². The number of rotatable bonds is 6. The van der Waals surface area contributed by atoms with E-state index < -0.39 is 32.5 Å². The summed E-state index contributed by atoms with van der Waals surface area (Å²) in [5.74, 6) is 0. The largest absolute Gasteiger partial charge is 0.243 e. The van der Waals surface area contributed by atoms with Crippen molar-refractivity contribution in [1.29, 1.82) is 0 Å². The highest BCUT2D eigenvalue weighted by Crippen LogP contribution is 2.60. The first-order valence-corrected chi connectivity index (χ1v) is 20.4. The van der Waals surface area contributed by atoms with Crippen molar-refractivity contribution in [2.45, 2.75) is 69.4 Å². The van der Waals surface area contributed by atoms with Crippen molar-refractivity contribution in [3.05, 3.63) is 12.3 Å². The molecule has 0 heterocycles. The van der Waals surface area contributed by atoms with E-state index in [2.05, 4.69) is 82.4 Å². The lowest BCUT2D eigenvalue weighted by atomic mass is 11.3. The van der Waals surface area contributed by atoms with Gasteiger partial charge in [0.25, 0.3) is 0 Å². The van der Waals surface area contributed by atoms with Crippen LogP contribution in [-0.2, 0) is 4.79 Å². The normalized spacial score (nSPS) is 17.1. The van der Waals surface area contributed by atoms with Gasteiger partial charge in [-0.3, -0.25) is 0 Å². The van der Waals surface area contributed by atoms with Crippen LogP contribution in [0.15, 0.2) is 16.9 Å². The highest BCUT2D eigenvalue weighted by molar-refractivity contribution is 7.30. The third-order valence-electron chi connectivity index (χ3n) is 4.81. The standard InChI is InChI=1S/C14H33NOSi4/c1-12-20(11,15-13-16)14(17(2,3)4,18(5,6)7)19(8,9)10/h12H,1H2,2-11H3. The van der Waals surface area contributed by atoms with Gasteiger partial charge >= 0.3 is 0 Å². The third-order valence-corrected chi connectivity index (χ3v) is 39.2. The molecule has 0 aromatic rings. The topological polar surface area (TPSA) is 29.4 Å². The van der Waals surface area contributed by atoms with E-state index in [0.29, 0.717) is 0 Å². The summed E-state index contributed by atoms with van der Waals surface area (Å²) in [5.41, 5.74) is 2.06. The highest BCUT2D eigenvalue weighted by Gasteiger charge is 2.69. The van der Waals surface area contributed by atoms with Crippen molar-refractivity contribution in [3.8, 4) is 0 Å². The third kappa shape index (κ3) is 2.81. The molecular weight excluding hydrogens is 311 g/mol. The summed E-state index contributed by atoms with van der Waals surface area (Å²) in [6.07, 6.45) is 1.91. The van der Waals surface area contributed by atoms with Crippen molar-refractivity contribution < 1.29 is 4.79 Å². The maximum Gasteiger partial charge on any atom is 0.225 e. The lowest BCUT2D eigenvalue weighted by Crippen LogP contribution is -2.75. The van der Waals surface area contributed by atoms with Crippen molar-refractivity contribution in [2.75, 3.05) is 0 Å². The minimum atomic E-state index is -2.26. The second-order valence-corrected chi connectivity index (χ2v) is 31.5. The molecular formula is C14H33NOSi4. The van der Waals surface area contributed by atoms with Crippen LogP contribution in [0.25, 0.3) is 0 Å². The van der Waals surface area contributed by atoms with Gasteiger partial charge in [-0.2, -0.15) is 0 Å². The molecule has 0 spiro atoms. The SMILES string of the molecule is C=C[Si](C)(N=C=O)C([Si](C)(C)C)([Si](C)(C)C)[Si](C)(C)C. The van der Waals surface area contributed by atoms with Gasteiger partial charge in [0, 0.05) is 24.2 Å². The summed E-state index contributed by atoms with van der Waals surface area (Å²) in [4.78, 5) is 11.1. The van der Waals surface area contributed by atoms with Crippen molar-refractivity contribution >= 4 is 38.5 Å². The van der Waals surface area contributed by atoms with Crippen LogP contribution in [0, 0.1) is 0 Å². The molecule has 2 nitrogen and oxygen atoms in total. The Kier molecular flexibility index (Phi) is 5.64. The Bertz CT molecular complexity index is 386. The summed E-state index contributed by atoms with van der Waals surface area (Å²) in [5, 5.41) is 0. The van der Waals surface area contributed by atoms with E-state index in [1.165, 1.54) is 0 Å². The fourth-order valence-corrected chi connectivity index (χ4v) is 53.4. The number of nitrogens with zero attached hydrogens (tertiary/aromatic N) is 1. The molecule has 0 saturated carbocycles. The Morgan fingerprint density at radius 1 is 0.850 bits per heavy atom. The molecule has 1 unspecified atom stereocenters. The quantitative estimate of drug-likeness (QED) is 0.379. The molecule has 0 N–H and O–H groups in total. The molecule has 0 fully saturated rings. The van der Waals surface area contributed by atoms with E-state index in [9.17, 15) is 4.79 Å². The van der Waals surface area contributed by atoms with Gasteiger partial charge < -0.3 is 0 Å². The smallest absolute Gasteiger partial charge is 0.225 e. The Morgan fingerprint density at radius 2 is 1.15 bits per heavy atom. The first-order chi connectivity index (χ1) is 8.62. The maximum atomic E-state index is 11.1. The zero-order chi connectivity index (χ0) is 16.6. The van der Waals surface area contributed by atoms with E-state index in [0.717, 1.165) is 0 Å². The maximum absolute atomic E-state index is 11.1. The first kappa shape index (κ1) is 20.0. The lowest BCUT2D eigenvalue weighted by Gasteiger charge is -2.63. The molecule has 0 amide bonds. The van der Waals surface area contributed by atoms with Gasteiger partial charge in [0.15, 0.2) is 0 Å². The number of hydrogen-bond donors (Lipinski definition) is 0. The van der Waals surface area contributed by atoms with E-state index in [4.69, 9.17) is 0 Å². The van der Waals surface area contributed by atoms with Crippen LogP contribution in [-0.4, -0.2) is 38.5 Å². The molecule has 1 atom stereocenters. The summed E-state index contributed by atoms with van der Waals surface area (Å²) in [7, 11) is -6.94. The summed E-state index contributed by atoms with van der Waals surface area (Å²) < 4.78 is 4.74. The van der Waals surface area contributed by atoms with Gasteiger partial charge in [0.2, 0.25) is 14.3 Å². The second-order valence-electron chi connectivity index (χ2n) is 9.05. The molecule has 0 bridgehead atoms. The monoisotopic (exact) mass is 343 g/mol. The average molecular weight is 344 g/mol. The second kappa shape index (κ2) is 5.65. The predicted molar refractivity (Wildman–Crippen MR) is 103 cm³/mol. The number of hydrogen-bond acceptors (Lipinski definition) is 2. The zero-order valence-electron chi connectivity index (χ0n) is 15.1. The molecule has 0 aliphatic carbocycles. The molecule has 0 rings (SSSR count). The average Bonchev–Trinajstić information content (AvgIpc) is 2.10. The van der Waals surface area contributed by atoms with E-state index in [1.54, 1.807) is 0 Å². The summed E-state index contributed by atoms with van der Waals surface area (Å²) >= 11 is 0. The summed E-state index contributed by atoms with van der Waals surface area (Å²) in [6.45, 7) is 28.6. The Morgan fingerprint density at radius 3 is 1.30 bits per heavy atom. The van der Waals surface area contributed by atoms with Gasteiger partial charge in [-0.05, 0) is 10.5 Å². The van der Waals surface area contributed by atoms with Crippen molar-refractivity contribution in [1.82, 2.24) is 0 Å². The molecule has 0 aliphatic heterocycles. The molecule has 0 saturated heterocycles. The van der Waals surface area contributed by atoms with E-state index >= 15 is 0 Å². The minimum absolute atomic E-state index is 0.277. The molecule has 116 valence electrons. The van der Waals surface area contributed by atoms with Crippen molar-refractivity contribution in [3.63, 3.8) is 0 Å². The van der Waals surface area contributed by atoms with Gasteiger partial charge in [-0.25, -0.2) is 9.45 Å². The molecule has 0 radical (unpaired) electrons. The zero-order valence-corrected chi connectivity index (χ0v) is 19.1. The first-order valence-electron chi connectivity index (χ1n) is 7.35. The Hall–Kier alpha value is -0.0125. The van der Waals surface area contributed by atoms with Gasteiger partial charge in [-0.1, -0.05) is 64.6 Å². The number of isocyanates is 1. The predicted octanol–water partition coefficient (Wildman–Crippen LogP) is 5.00. The van der Waals surface area contributed by atoms with Crippen LogP contribution in [0.2, 0.25) is 69.4 Å². The van der Waals surface area contributed by atoms with Crippen molar-refractivity contribution in [2.24, 2.45) is 4.66 Å². The number of carbonyl (C=O) groups excluding carboxylic acids is 1. The van der Waals surface area contributed by atoms with Gasteiger partial charge in [0.05, 0.1) is 0 Å². The molecule has 6 heteroatoms. The Balaban J connectivity index is 6.95. The van der Waals surface area contributed by atoms with Crippen LogP contribution >= 0.6 is 0 Å². The van der Waals surface area contributed by atoms with Crippen LogP contribution in [0.4, 0.5) is 0 Å². The molecule has 20 heavy (non-hydrogen) atoms. The fourth-order valence-electron chi connectivity index (χ4n) is 6.03. The van der Waals surface area contributed by atoms with E-state index in [1.807, 2.05) is 6.08 Å². The van der Waals surface area contributed by atoms with Crippen LogP contribution < -0.4 is 0 Å². The lowest BCUT2D eigenvalue weighted by molar-refractivity contribution is 0.565. The summed E-state index contributed by atoms with van der Waals surface area (Å²) in [6, 6.07) is 0. The van der Waals surface area contributed by atoms with Gasteiger partial charge in [0.1, 0.15) is 0 Å². The van der Waals surface area contributed by atoms with Gasteiger partial charge in [-0.15, -0.1) is 6.58 Å². The molecule has 0 aromatic carbocycles. The highest BCUT2D eigenvalue weighted by atomic mass is 28.5. The van der Waals surface area contributed by atoms with Crippen LogP contribution in [0.3, 0.4) is 0 Å². The Labute approximate surface area is 129 Å². The van der Waals surface area contributed by atoms with E-state index in [-0.39, 0.29) is 3.91 Å². The fraction of sp³-hybridized carbons (Fsp3) is 0.786.